The number of halogens is 1. The van der Waals surface area contributed by atoms with Gasteiger partial charge in [-0.1, -0.05) is 36.4 Å². The van der Waals surface area contributed by atoms with Crippen LogP contribution in [0.2, 0.25) is 0 Å². The predicted molar refractivity (Wildman–Crippen MR) is 129 cm³/mol. The van der Waals surface area contributed by atoms with Crippen molar-refractivity contribution in [3.8, 4) is 0 Å². The van der Waals surface area contributed by atoms with Crippen molar-refractivity contribution in [2.45, 2.75) is 30.3 Å². The largest absolute Gasteiger partial charge is 0.387 e. The molecule has 1 N–H and O–H groups in total. The molecule has 0 radical (unpaired) electrons. The molecule has 2 aromatic rings. The number of benzene rings is 2. The Hall–Kier alpha value is -2.48. The van der Waals surface area contributed by atoms with Crippen molar-refractivity contribution in [2.24, 2.45) is 0 Å². The number of ether oxygens (including phenoxy) is 1. The lowest BCUT2D eigenvalue weighted by atomic mass is 9.72. The molecule has 0 aromatic heterocycles. The van der Waals surface area contributed by atoms with E-state index in [2.05, 4.69) is 34.1 Å². The molecular weight excluding hydrogens is 433 g/mol. The van der Waals surface area contributed by atoms with E-state index in [0.717, 1.165) is 26.2 Å². The zero-order valence-corrected chi connectivity index (χ0v) is 19.7. The van der Waals surface area contributed by atoms with Gasteiger partial charge >= 0.3 is 0 Å². The summed E-state index contributed by atoms with van der Waals surface area (Å²) in [5.41, 5.74) is -0.174. The Labute approximate surface area is 200 Å². The van der Waals surface area contributed by atoms with Gasteiger partial charge in [-0.3, -0.25) is 9.69 Å². The van der Waals surface area contributed by atoms with Gasteiger partial charge in [-0.2, -0.15) is 0 Å². The van der Waals surface area contributed by atoms with Crippen molar-refractivity contribution < 1.29 is 19.0 Å². The maximum absolute atomic E-state index is 14.8. The number of hydrogen-bond donors (Lipinski definition) is 1. The first-order chi connectivity index (χ1) is 16.5. The Kier molecular flexibility index (Phi) is 6.60. The number of rotatable bonds is 5. The van der Waals surface area contributed by atoms with Gasteiger partial charge in [0.05, 0.1) is 17.6 Å². The number of amides is 1. The fourth-order valence-electron chi connectivity index (χ4n) is 5.85. The molecule has 3 saturated heterocycles. The number of nitrogens with zero attached hydrogens (tertiary/aromatic N) is 3. The number of carbonyl (C=O) groups excluding carboxylic acids is 1. The lowest BCUT2D eigenvalue weighted by Gasteiger charge is -2.40. The molecule has 0 saturated carbocycles. The molecule has 2 aromatic carbocycles. The molecular formula is C27H34FN3O3. The molecule has 0 spiro atoms. The molecule has 3 aliphatic rings. The average molecular weight is 468 g/mol. The third kappa shape index (κ3) is 4.57. The molecule has 3 fully saturated rings. The summed E-state index contributed by atoms with van der Waals surface area (Å²) in [5, 5.41) is 11.4. The summed E-state index contributed by atoms with van der Waals surface area (Å²) < 4.78 is 20.3. The quantitative estimate of drug-likeness (QED) is 0.733. The van der Waals surface area contributed by atoms with Gasteiger partial charge in [0, 0.05) is 63.7 Å². The van der Waals surface area contributed by atoms with Crippen LogP contribution in [0.15, 0.2) is 54.6 Å². The fourth-order valence-corrected chi connectivity index (χ4v) is 5.85. The molecule has 3 heterocycles. The van der Waals surface area contributed by atoms with Crippen LogP contribution in [0.3, 0.4) is 0 Å². The Bertz CT molecular complexity index is 990. The average Bonchev–Trinajstić information content (AvgIpc) is 3.26. The highest BCUT2D eigenvalue weighted by atomic mass is 19.1. The van der Waals surface area contributed by atoms with Gasteiger partial charge < -0.3 is 19.6 Å². The molecule has 0 bridgehead atoms. The smallest absolute Gasteiger partial charge is 0.233 e. The minimum absolute atomic E-state index is 0.0780. The van der Waals surface area contributed by atoms with Gasteiger partial charge in [-0.15, -0.1) is 0 Å². The van der Waals surface area contributed by atoms with Crippen molar-refractivity contribution >= 4 is 11.6 Å². The topological polar surface area (TPSA) is 56.3 Å². The highest BCUT2D eigenvalue weighted by molar-refractivity contribution is 5.89. The number of likely N-dealkylation sites (tertiary alicyclic amines) is 1. The molecule has 182 valence electrons. The van der Waals surface area contributed by atoms with E-state index in [1.54, 1.807) is 23.1 Å². The Balaban J connectivity index is 1.24. The van der Waals surface area contributed by atoms with Crippen LogP contribution in [-0.4, -0.2) is 85.4 Å². The van der Waals surface area contributed by atoms with Crippen LogP contribution in [0, 0.1) is 5.82 Å². The summed E-state index contributed by atoms with van der Waals surface area (Å²) in [5.74, 6) is -0.422. The van der Waals surface area contributed by atoms with Gasteiger partial charge in [0.15, 0.2) is 0 Å². The highest BCUT2D eigenvalue weighted by Gasteiger charge is 2.49. The van der Waals surface area contributed by atoms with Crippen LogP contribution in [-0.2, 0) is 14.9 Å². The van der Waals surface area contributed by atoms with Crippen LogP contribution in [0.1, 0.15) is 24.8 Å². The number of carbonyl (C=O) groups is 1. The standard InChI is InChI=1S/C27H34FN3O3/c28-24-9-5-4-8-23(24)27(11-18-34-19-12-27)25(32)31-13-10-26(33,21-31)20-29-14-16-30(17-15-29)22-6-2-1-3-7-22/h1-9,33H,10-21H2/t26-/m0/s1. The molecule has 3 aliphatic heterocycles. The minimum atomic E-state index is -0.938. The molecule has 0 aliphatic carbocycles. The van der Waals surface area contributed by atoms with E-state index < -0.39 is 11.0 Å². The fraction of sp³-hybridized carbons (Fsp3) is 0.519. The van der Waals surface area contributed by atoms with Crippen molar-refractivity contribution in [3.05, 3.63) is 66.0 Å². The van der Waals surface area contributed by atoms with E-state index in [1.807, 2.05) is 6.07 Å². The van der Waals surface area contributed by atoms with Crippen molar-refractivity contribution in [1.82, 2.24) is 9.80 Å². The van der Waals surface area contributed by atoms with Crippen LogP contribution >= 0.6 is 0 Å². The molecule has 1 amide bonds. The number of aliphatic hydroxyl groups is 1. The maximum atomic E-state index is 14.8. The summed E-state index contributed by atoms with van der Waals surface area (Å²) in [6.07, 6.45) is 1.47. The Morgan fingerprint density at radius 1 is 0.912 bits per heavy atom. The first-order valence-electron chi connectivity index (χ1n) is 12.4. The monoisotopic (exact) mass is 467 g/mol. The van der Waals surface area contributed by atoms with E-state index in [4.69, 9.17) is 4.74 Å². The van der Waals surface area contributed by atoms with Gasteiger partial charge in [0.1, 0.15) is 5.82 Å². The molecule has 5 rings (SSSR count). The minimum Gasteiger partial charge on any atom is -0.387 e. The summed E-state index contributed by atoms with van der Waals surface area (Å²) >= 11 is 0. The number of hydrogen-bond acceptors (Lipinski definition) is 5. The van der Waals surface area contributed by atoms with E-state index in [1.165, 1.54) is 11.8 Å². The molecule has 7 heteroatoms. The third-order valence-corrected chi connectivity index (χ3v) is 7.78. The summed E-state index contributed by atoms with van der Waals surface area (Å²) in [6.45, 7) is 5.79. The normalized spacial score (nSPS) is 25.5. The van der Waals surface area contributed by atoms with Gasteiger partial charge in [0.2, 0.25) is 5.91 Å². The van der Waals surface area contributed by atoms with Crippen LogP contribution in [0.25, 0.3) is 0 Å². The van der Waals surface area contributed by atoms with E-state index in [0.29, 0.717) is 57.7 Å². The number of para-hydroxylation sites is 1. The zero-order valence-electron chi connectivity index (χ0n) is 19.7. The van der Waals surface area contributed by atoms with Crippen molar-refractivity contribution in [2.75, 3.05) is 63.9 Å². The van der Waals surface area contributed by atoms with Gasteiger partial charge in [0.25, 0.3) is 0 Å². The predicted octanol–water partition coefficient (Wildman–Crippen LogP) is 2.66. The first-order valence-corrected chi connectivity index (χ1v) is 12.4. The van der Waals surface area contributed by atoms with Gasteiger partial charge in [-0.25, -0.2) is 4.39 Å². The first kappa shape index (κ1) is 23.3. The van der Waals surface area contributed by atoms with E-state index in [-0.39, 0.29) is 11.7 Å². The summed E-state index contributed by atoms with van der Waals surface area (Å²) in [6, 6.07) is 17.0. The Morgan fingerprint density at radius 3 is 2.29 bits per heavy atom. The van der Waals surface area contributed by atoms with E-state index in [9.17, 15) is 14.3 Å². The highest BCUT2D eigenvalue weighted by Crippen LogP contribution is 2.40. The second kappa shape index (κ2) is 9.64. The third-order valence-electron chi connectivity index (χ3n) is 7.78. The second-order valence-electron chi connectivity index (χ2n) is 9.97. The zero-order chi connectivity index (χ0) is 23.6. The number of β-amino-alcohol motifs (C(OH)–C–C–N with tert-alkyl or cyclic N) is 1. The van der Waals surface area contributed by atoms with Crippen LogP contribution < -0.4 is 4.90 Å². The SMILES string of the molecule is O=C(N1CC[C@](O)(CN2CCN(c3ccccc3)CC2)C1)C1(c2ccccc2F)CCOCC1. The van der Waals surface area contributed by atoms with Crippen molar-refractivity contribution in [3.63, 3.8) is 0 Å². The van der Waals surface area contributed by atoms with Gasteiger partial charge in [-0.05, 0) is 37.5 Å². The lowest BCUT2D eigenvalue weighted by molar-refractivity contribution is -0.141. The number of anilines is 1. The Morgan fingerprint density at radius 2 is 1.59 bits per heavy atom. The summed E-state index contributed by atoms with van der Waals surface area (Å²) in [4.78, 5) is 20.3. The lowest BCUT2D eigenvalue weighted by Crippen LogP contribution is -2.54. The van der Waals surface area contributed by atoms with Crippen LogP contribution in [0.4, 0.5) is 10.1 Å². The van der Waals surface area contributed by atoms with Crippen LogP contribution in [0.5, 0.6) is 0 Å². The van der Waals surface area contributed by atoms with E-state index >= 15 is 0 Å². The second-order valence-corrected chi connectivity index (χ2v) is 9.97. The molecule has 6 nitrogen and oxygen atoms in total. The van der Waals surface area contributed by atoms with Crippen molar-refractivity contribution in [1.29, 1.82) is 0 Å². The number of piperazine rings is 1. The summed E-state index contributed by atoms with van der Waals surface area (Å²) in [7, 11) is 0. The molecule has 34 heavy (non-hydrogen) atoms. The molecule has 1 atom stereocenters. The maximum Gasteiger partial charge on any atom is 0.233 e. The molecule has 0 unspecified atom stereocenters.